The van der Waals surface area contributed by atoms with Gasteiger partial charge in [0, 0.05) is 24.8 Å². The second kappa shape index (κ2) is 8.25. The molecule has 1 fully saturated rings. The molecule has 1 aliphatic rings. The molecule has 118 valence electrons. The molecule has 1 aromatic rings. The van der Waals surface area contributed by atoms with Crippen molar-refractivity contribution in [2.24, 2.45) is 0 Å². The van der Waals surface area contributed by atoms with E-state index in [4.69, 9.17) is 9.47 Å². The fraction of sp³-hybridized carbons (Fsp3) is 0.647. The summed E-state index contributed by atoms with van der Waals surface area (Å²) in [5, 5.41) is 9.31. The Morgan fingerprint density at radius 3 is 2.76 bits per heavy atom. The summed E-state index contributed by atoms with van der Waals surface area (Å²) in [7, 11) is 3.36. The van der Waals surface area contributed by atoms with Crippen LogP contribution in [0.3, 0.4) is 0 Å². The Morgan fingerprint density at radius 2 is 2.05 bits per heavy atom. The number of ether oxygens (including phenoxy) is 2. The van der Waals surface area contributed by atoms with E-state index in [0.717, 1.165) is 36.6 Å². The lowest BCUT2D eigenvalue weighted by Gasteiger charge is -2.30. The summed E-state index contributed by atoms with van der Waals surface area (Å²) in [6.07, 6.45) is 5.80. The predicted molar refractivity (Wildman–Crippen MR) is 83.9 cm³/mol. The first kappa shape index (κ1) is 16.1. The minimum atomic E-state index is 0.260. The Bertz CT molecular complexity index is 436. The average Bonchev–Trinajstić information content (AvgIpc) is 2.73. The number of hydrogen-bond donors (Lipinski definition) is 1. The number of aliphatic hydroxyl groups is 1. The zero-order valence-corrected chi connectivity index (χ0v) is 13.2. The maximum atomic E-state index is 9.31. The van der Waals surface area contributed by atoms with E-state index in [9.17, 15) is 5.11 Å². The van der Waals surface area contributed by atoms with Gasteiger partial charge in [0.25, 0.3) is 0 Å². The van der Waals surface area contributed by atoms with Gasteiger partial charge in [0.1, 0.15) is 0 Å². The summed E-state index contributed by atoms with van der Waals surface area (Å²) in [5.74, 6) is 1.61. The number of likely N-dealkylation sites (tertiary alicyclic amines) is 1. The van der Waals surface area contributed by atoms with Crippen molar-refractivity contribution in [1.29, 1.82) is 0 Å². The Balaban J connectivity index is 2.17. The lowest BCUT2D eigenvalue weighted by Crippen LogP contribution is -2.35. The average molecular weight is 293 g/mol. The number of benzene rings is 1. The molecule has 0 aliphatic carbocycles. The number of hydrogen-bond acceptors (Lipinski definition) is 4. The van der Waals surface area contributed by atoms with Crippen molar-refractivity contribution >= 4 is 0 Å². The van der Waals surface area contributed by atoms with Gasteiger partial charge in [-0.2, -0.15) is 0 Å². The van der Waals surface area contributed by atoms with Crippen molar-refractivity contribution in [1.82, 2.24) is 4.90 Å². The molecule has 1 heterocycles. The first-order valence-electron chi connectivity index (χ1n) is 7.85. The molecule has 1 atom stereocenters. The van der Waals surface area contributed by atoms with Gasteiger partial charge >= 0.3 is 0 Å². The molecule has 0 spiro atoms. The predicted octanol–water partition coefficient (Wildman–Crippen LogP) is 2.83. The standard InChI is InChI=1S/C17H27NO3/c1-20-16-9-6-7-14(17(16)21-2)13-18-11-5-3-4-8-15(18)10-12-19/h6-7,9,15,19H,3-5,8,10-13H2,1-2H3. The Kier molecular flexibility index (Phi) is 6.33. The third-order valence-electron chi connectivity index (χ3n) is 4.32. The summed E-state index contributed by atoms with van der Waals surface area (Å²) >= 11 is 0. The number of methoxy groups -OCH3 is 2. The second-order valence-electron chi connectivity index (χ2n) is 5.64. The van der Waals surface area contributed by atoms with Crippen LogP contribution in [0.25, 0.3) is 0 Å². The number of nitrogens with zero attached hydrogens (tertiary/aromatic N) is 1. The molecule has 4 nitrogen and oxygen atoms in total. The zero-order valence-electron chi connectivity index (χ0n) is 13.2. The first-order chi connectivity index (χ1) is 10.3. The van der Waals surface area contributed by atoms with Crippen LogP contribution in [0.5, 0.6) is 11.5 Å². The van der Waals surface area contributed by atoms with Gasteiger partial charge < -0.3 is 14.6 Å². The largest absolute Gasteiger partial charge is 0.493 e. The van der Waals surface area contributed by atoms with E-state index >= 15 is 0 Å². The van der Waals surface area contributed by atoms with Crippen molar-refractivity contribution in [3.8, 4) is 11.5 Å². The molecular formula is C17H27NO3. The van der Waals surface area contributed by atoms with Crippen molar-refractivity contribution in [2.75, 3.05) is 27.4 Å². The SMILES string of the molecule is COc1cccc(CN2CCCCCC2CCO)c1OC. The van der Waals surface area contributed by atoms with Crippen LogP contribution >= 0.6 is 0 Å². The molecule has 1 aromatic carbocycles. The van der Waals surface area contributed by atoms with Crippen molar-refractivity contribution in [2.45, 2.75) is 44.7 Å². The summed E-state index contributed by atoms with van der Waals surface area (Å²) in [5.41, 5.74) is 1.15. The van der Waals surface area contributed by atoms with Crippen LogP contribution in [0, 0.1) is 0 Å². The molecule has 0 amide bonds. The van der Waals surface area contributed by atoms with Gasteiger partial charge in [-0.05, 0) is 31.9 Å². The highest BCUT2D eigenvalue weighted by atomic mass is 16.5. The molecule has 1 aliphatic heterocycles. The van der Waals surface area contributed by atoms with Crippen LogP contribution in [0.2, 0.25) is 0 Å². The molecule has 0 bridgehead atoms. The van der Waals surface area contributed by atoms with Gasteiger partial charge in [0.15, 0.2) is 11.5 Å². The maximum Gasteiger partial charge on any atom is 0.165 e. The molecule has 4 heteroatoms. The summed E-state index contributed by atoms with van der Waals surface area (Å²) in [6, 6.07) is 6.50. The Morgan fingerprint density at radius 1 is 1.19 bits per heavy atom. The highest BCUT2D eigenvalue weighted by molar-refractivity contribution is 5.46. The van der Waals surface area contributed by atoms with Gasteiger partial charge in [-0.3, -0.25) is 4.90 Å². The van der Waals surface area contributed by atoms with Gasteiger partial charge in [0.05, 0.1) is 14.2 Å². The summed E-state index contributed by atoms with van der Waals surface area (Å²) < 4.78 is 10.9. The van der Waals surface area contributed by atoms with Crippen LogP contribution in [0.1, 0.15) is 37.7 Å². The van der Waals surface area contributed by atoms with E-state index in [1.807, 2.05) is 12.1 Å². The van der Waals surface area contributed by atoms with Gasteiger partial charge in [0.2, 0.25) is 0 Å². The Hall–Kier alpha value is -1.26. The third-order valence-corrected chi connectivity index (χ3v) is 4.32. The molecule has 2 rings (SSSR count). The smallest absolute Gasteiger partial charge is 0.165 e. The highest BCUT2D eigenvalue weighted by Gasteiger charge is 2.22. The van der Waals surface area contributed by atoms with Crippen LogP contribution in [-0.4, -0.2) is 43.4 Å². The molecule has 1 N–H and O–H groups in total. The van der Waals surface area contributed by atoms with E-state index in [1.165, 1.54) is 25.7 Å². The van der Waals surface area contributed by atoms with E-state index in [-0.39, 0.29) is 6.61 Å². The topological polar surface area (TPSA) is 41.9 Å². The molecule has 0 saturated carbocycles. The first-order valence-corrected chi connectivity index (χ1v) is 7.85. The van der Waals surface area contributed by atoms with Crippen LogP contribution < -0.4 is 9.47 Å². The van der Waals surface area contributed by atoms with Crippen molar-refractivity contribution < 1.29 is 14.6 Å². The quantitative estimate of drug-likeness (QED) is 0.876. The zero-order chi connectivity index (χ0) is 15.1. The molecule has 0 aromatic heterocycles. The van der Waals surface area contributed by atoms with Crippen LogP contribution in [0.4, 0.5) is 0 Å². The van der Waals surface area contributed by atoms with E-state index in [0.29, 0.717) is 6.04 Å². The number of para-hydroxylation sites is 1. The Labute approximate surface area is 127 Å². The van der Waals surface area contributed by atoms with Gasteiger partial charge in [-0.1, -0.05) is 25.0 Å². The molecular weight excluding hydrogens is 266 g/mol. The van der Waals surface area contributed by atoms with Crippen LogP contribution in [-0.2, 0) is 6.54 Å². The van der Waals surface area contributed by atoms with E-state index in [2.05, 4.69) is 11.0 Å². The molecule has 0 radical (unpaired) electrons. The van der Waals surface area contributed by atoms with E-state index in [1.54, 1.807) is 14.2 Å². The molecule has 1 saturated heterocycles. The fourth-order valence-corrected chi connectivity index (χ4v) is 3.22. The number of aliphatic hydroxyl groups excluding tert-OH is 1. The lowest BCUT2D eigenvalue weighted by molar-refractivity contribution is 0.150. The molecule has 1 unspecified atom stereocenters. The monoisotopic (exact) mass is 293 g/mol. The summed E-state index contributed by atoms with van der Waals surface area (Å²) in [6.45, 7) is 2.20. The van der Waals surface area contributed by atoms with Crippen LogP contribution in [0.15, 0.2) is 18.2 Å². The minimum Gasteiger partial charge on any atom is -0.493 e. The van der Waals surface area contributed by atoms with Gasteiger partial charge in [-0.25, -0.2) is 0 Å². The normalized spacial score (nSPS) is 20.0. The van der Waals surface area contributed by atoms with Crippen molar-refractivity contribution in [3.05, 3.63) is 23.8 Å². The third kappa shape index (κ3) is 4.11. The summed E-state index contributed by atoms with van der Waals surface area (Å²) in [4.78, 5) is 2.49. The maximum absolute atomic E-state index is 9.31. The lowest BCUT2D eigenvalue weighted by atomic mass is 10.1. The fourth-order valence-electron chi connectivity index (χ4n) is 3.22. The second-order valence-corrected chi connectivity index (χ2v) is 5.64. The minimum absolute atomic E-state index is 0.260. The molecule has 21 heavy (non-hydrogen) atoms. The van der Waals surface area contributed by atoms with Gasteiger partial charge in [-0.15, -0.1) is 0 Å². The number of rotatable bonds is 6. The van der Waals surface area contributed by atoms with Crippen molar-refractivity contribution in [3.63, 3.8) is 0 Å². The van der Waals surface area contributed by atoms with E-state index < -0.39 is 0 Å². The highest BCUT2D eigenvalue weighted by Crippen LogP contribution is 2.32.